The summed E-state index contributed by atoms with van der Waals surface area (Å²) >= 11 is 6.51. The van der Waals surface area contributed by atoms with Crippen LogP contribution in [-0.2, 0) is 4.79 Å². The number of carbonyl (C=O) groups is 1. The Kier molecular flexibility index (Phi) is 8.44. The number of benzene rings is 1. The third-order valence-corrected chi connectivity index (χ3v) is 8.59. The molecule has 1 amide bonds. The van der Waals surface area contributed by atoms with E-state index >= 15 is 4.39 Å². The number of nitriles is 1. The van der Waals surface area contributed by atoms with Crippen LogP contribution in [0.1, 0.15) is 12.8 Å². The number of piperazine rings is 1. The van der Waals surface area contributed by atoms with Crippen molar-refractivity contribution in [2.24, 2.45) is 0 Å². The second kappa shape index (κ2) is 12.5. The summed E-state index contributed by atoms with van der Waals surface area (Å²) in [4.78, 5) is 35.1. The second-order valence-corrected chi connectivity index (χ2v) is 11.5. The molecule has 2 aliphatic rings. The van der Waals surface area contributed by atoms with Crippen molar-refractivity contribution >= 4 is 45.0 Å². The lowest BCUT2D eigenvalue weighted by atomic mass is 10.0. The molecule has 4 aromatic rings. The lowest BCUT2D eigenvalue weighted by Crippen LogP contribution is -2.55. The van der Waals surface area contributed by atoms with Crippen LogP contribution >= 0.6 is 11.6 Å². The van der Waals surface area contributed by atoms with Crippen molar-refractivity contribution < 1.29 is 22.7 Å². The molecule has 3 atom stereocenters. The molecular formula is C31H28ClF3N8O2. The van der Waals surface area contributed by atoms with Crippen LogP contribution in [0.25, 0.3) is 32.9 Å². The summed E-state index contributed by atoms with van der Waals surface area (Å²) in [6.45, 7) is 3.80. The molecule has 0 saturated carbocycles. The maximum atomic E-state index is 16.5. The number of likely N-dealkylation sites (N-methyl/N-ethyl adjacent to an activating group) is 1. The first kappa shape index (κ1) is 30.5. The summed E-state index contributed by atoms with van der Waals surface area (Å²) in [7, 11) is 1.80. The normalized spacial score (nSPS) is 20.5. The van der Waals surface area contributed by atoms with E-state index in [0.29, 0.717) is 21.4 Å². The first-order valence-corrected chi connectivity index (χ1v) is 14.7. The van der Waals surface area contributed by atoms with Crippen molar-refractivity contribution in [3.63, 3.8) is 0 Å². The molecule has 3 aromatic heterocycles. The summed E-state index contributed by atoms with van der Waals surface area (Å²) in [5.41, 5.74) is 0.258. The molecule has 5 heterocycles. The Bertz CT molecular complexity index is 1850. The molecule has 2 saturated heterocycles. The minimum absolute atomic E-state index is 0.0284. The predicted octanol–water partition coefficient (Wildman–Crippen LogP) is 4.87. The number of pyridine rings is 2. The molecule has 0 unspecified atom stereocenters. The van der Waals surface area contributed by atoms with Crippen LogP contribution in [0.4, 0.5) is 19.0 Å². The van der Waals surface area contributed by atoms with Gasteiger partial charge in [-0.3, -0.25) is 19.7 Å². The Morgan fingerprint density at radius 2 is 2.02 bits per heavy atom. The summed E-state index contributed by atoms with van der Waals surface area (Å²) in [6, 6.07) is 6.27. The van der Waals surface area contributed by atoms with Crippen LogP contribution in [0.5, 0.6) is 6.01 Å². The third-order valence-electron chi connectivity index (χ3n) is 8.28. The number of carbonyl (C=O) groups excluding carboxylic acids is 1. The van der Waals surface area contributed by atoms with E-state index in [2.05, 4.69) is 26.5 Å². The van der Waals surface area contributed by atoms with E-state index < -0.39 is 29.8 Å². The number of rotatable bonds is 7. The highest BCUT2D eigenvalue weighted by Gasteiger charge is 2.34. The third kappa shape index (κ3) is 5.83. The number of nitrogens with zero attached hydrogens (tertiary/aromatic N) is 8. The van der Waals surface area contributed by atoms with Crippen molar-refractivity contribution in [3.05, 3.63) is 60.0 Å². The van der Waals surface area contributed by atoms with Gasteiger partial charge >= 0.3 is 6.01 Å². The number of alkyl halides is 1. The van der Waals surface area contributed by atoms with Gasteiger partial charge in [0.1, 0.15) is 29.8 Å². The Morgan fingerprint density at radius 1 is 1.20 bits per heavy atom. The van der Waals surface area contributed by atoms with E-state index in [9.17, 15) is 18.8 Å². The maximum absolute atomic E-state index is 16.5. The van der Waals surface area contributed by atoms with Gasteiger partial charge < -0.3 is 14.5 Å². The molecule has 0 N–H and O–H groups in total. The monoisotopic (exact) mass is 636 g/mol. The summed E-state index contributed by atoms with van der Waals surface area (Å²) < 4.78 is 50.3. The fourth-order valence-electron chi connectivity index (χ4n) is 6.01. The van der Waals surface area contributed by atoms with Crippen LogP contribution < -0.4 is 9.64 Å². The second-order valence-electron chi connectivity index (χ2n) is 11.1. The molecule has 2 fully saturated rings. The summed E-state index contributed by atoms with van der Waals surface area (Å²) in [5.74, 6) is -2.51. The van der Waals surface area contributed by atoms with Gasteiger partial charge in [0.05, 0.1) is 23.9 Å². The minimum atomic E-state index is -1.12. The molecule has 14 heteroatoms. The van der Waals surface area contributed by atoms with Crippen LogP contribution in [0.3, 0.4) is 0 Å². The highest BCUT2D eigenvalue weighted by atomic mass is 35.5. The van der Waals surface area contributed by atoms with Crippen molar-refractivity contribution in [2.45, 2.75) is 31.1 Å². The number of likely N-dealkylation sites (tertiary alicyclic amines) is 1. The molecular weight excluding hydrogens is 609 g/mol. The molecule has 10 nitrogen and oxygen atoms in total. The SMILES string of the molecule is C=C(F)C(=O)N1CCN(c2nc(OC[C@@H]3C[C@@H](F)CN3C)nc3c(F)c(-c4cncc5cccc(Cl)c45)ncc23)C[C@@H]1CC#N. The van der Waals surface area contributed by atoms with Gasteiger partial charge in [0.15, 0.2) is 11.6 Å². The lowest BCUT2D eigenvalue weighted by Gasteiger charge is -2.41. The van der Waals surface area contributed by atoms with Gasteiger partial charge in [-0.15, -0.1) is 0 Å². The van der Waals surface area contributed by atoms with Crippen LogP contribution in [0.15, 0.2) is 49.2 Å². The molecule has 6 rings (SSSR count). The summed E-state index contributed by atoms with van der Waals surface area (Å²) in [6.07, 6.45) is 3.77. The molecule has 0 aliphatic carbocycles. The van der Waals surface area contributed by atoms with Gasteiger partial charge in [0.25, 0.3) is 5.91 Å². The van der Waals surface area contributed by atoms with E-state index in [1.54, 1.807) is 30.3 Å². The van der Waals surface area contributed by atoms with Gasteiger partial charge in [-0.1, -0.05) is 30.3 Å². The molecule has 0 bridgehead atoms. The van der Waals surface area contributed by atoms with Crippen molar-refractivity contribution in [1.82, 2.24) is 29.7 Å². The first-order valence-electron chi connectivity index (χ1n) is 14.3. The van der Waals surface area contributed by atoms with E-state index in [0.717, 1.165) is 0 Å². The average Bonchev–Trinajstić information content (AvgIpc) is 3.36. The Labute approximate surface area is 261 Å². The van der Waals surface area contributed by atoms with Crippen LogP contribution in [-0.4, -0.2) is 93.7 Å². The molecule has 0 radical (unpaired) electrons. The molecule has 45 heavy (non-hydrogen) atoms. The zero-order chi connectivity index (χ0) is 31.8. The Hall–Kier alpha value is -4.54. The number of amides is 1. The number of fused-ring (bicyclic) bond motifs is 2. The topological polar surface area (TPSA) is 111 Å². The van der Waals surface area contributed by atoms with Crippen LogP contribution in [0.2, 0.25) is 5.02 Å². The smallest absolute Gasteiger partial charge is 0.319 e. The fraction of sp³-hybridized carbons (Fsp3) is 0.355. The number of anilines is 1. The number of ether oxygens (including phenoxy) is 1. The lowest BCUT2D eigenvalue weighted by molar-refractivity contribution is -0.131. The number of hydrogen-bond acceptors (Lipinski definition) is 9. The average molecular weight is 637 g/mol. The van der Waals surface area contributed by atoms with Gasteiger partial charge in [-0.05, 0) is 19.5 Å². The van der Waals surface area contributed by atoms with Gasteiger partial charge in [0.2, 0.25) is 0 Å². The standard InChI is InChI=1S/C31H28ClF3N8O2/c1-17(33)30(44)43-9-8-42(15-20(43)6-7-36)29-23-13-38-27(22-12-37-11-18-4-3-5-24(32)25(18)22)26(35)28(23)39-31(40-29)45-16-21-10-19(34)14-41(21)2/h3-5,11-13,19-21H,1,6,8-10,14-16H2,2H3/t19-,20+,21+/m1/s1. The first-order chi connectivity index (χ1) is 21.7. The van der Waals surface area contributed by atoms with Gasteiger partial charge in [-0.25, -0.2) is 13.2 Å². The Balaban J connectivity index is 1.45. The zero-order valence-corrected chi connectivity index (χ0v) is 25.0. The van der Waals surface area contributed by atoms with Crippen molar-refractivity contribution in [2.75, 3.05) is 44.7 Å². The number of aromatic nitrogens is 4. The Morgan fingerprint density at radius 3 is 2.76 bits per heavy atom. The fourth-order valence-corrected chi connectivity index (χ4v) is 6.30. The van der Waals surface area contributed by atoms with Crippen molar-refractivity contribution in [3.8, 4) is 23.3 Å². The van der Waals surface area contributed by atoms with Gasteiger partial charge in [0, 0.05) is 72.2 Å². The highest BCUT2D eigenvalue weighted by molar-refractivity contribution is 6.36. The molecule has 0 spiro atoms. The van der Waals surface area contributed by atoms with E-state index in [1.165, 1.54) is 17.3 Å². The van der Waals surface area contributed by atoms with Crippen LogP contribution in [0, 0.1) is 17.1 Å². The molecule has 232 valence electrons. The predicted molar refractivity (Wildman–Crippen MR) is 163 cm³/mol. The summed E-state index contributed by atoms with van der Waals surface area (Å²) in [5, 5.41) is 11.4. The van der Waals surface area contributed by atoms with Crippen molar-refractivity contribution in [1.29, 1.82) is 5.26 Å². The minimum Gasteiger partial charge on any atom is -0.462 e. The quantitative estimate of drug-likeness (QED) is 0.262. The largest absolute Gasteiger partial charge is 0.462 e. The van der Waals surface area contributed by atoms with E-state index in [4.69, 9.17) is 16.3 Å². The molecule has 2 aliphatic heterocycles. The number of halogens is 4. The molecule has 1 aromatic carbocycles. The maximum Gasteiger partial charge on any atom is 0.319 e. The van der Waals surface area contributed by atoms with Gasteiger partial charge in [-0.2, -0.15) is 15.2 Å². The number of hydrogen-bond donors (Lipinski definition) is 0. The highest BCUT2D eigenvalue weighted by Crippen LogP contribution is 2.37. The van der Waals surface area contributed by atoms with E-state index in [-0.39, 0.29) is 80.1 Å². The van der Waals surface area contributed by atoms with E-state index in [1.807, 2.05) is 17.0 Å². The zero-order valence-electron chi connectivity index (χ0n) is 24.3.